The number of carbonyl (C=O) groups is 1. The molecular formula is C30H24N4O2. The second-order valence-corrected chi connectivity index (χ2v) is 8.67. The van der Waals surface area contributed by atoms with Crippen LogP contribution in [0.5, 0.6) is 0 Å². The fourth-order valence-corrected chi connectivity index (χ4v) is 4.63. The molecule has 6 heteroatoms. The number of carbonyl (C=O) groups excluding carboxylic acids is 1. The highest BCUT2D eigenvalue weighted by atomic mass is 16.5. The van der Waals surface area contributed by atoms with Gasteiger partial charge in [-0.25, -0.2) is 14.5 Å². The summed E-state index contributed by atoms with van der Waals surface area (Å²) in [6.45, 7) is 4.08. The first kappa shape index (κ1) is 21.8. The van der Waals surface area contributed by atoms with Gasteiger partial charge in [0, 0.05) is 16.6 Å². The topological polar surface area (TPSA) is 68.5 Å². The third-order valence-corrected chi connectivity index (χ3v) is 6.28. The van der Waals surface area contributed by atoms with Crippen LogP contribution in [0.3, 0.4) is 0 Å². The fourth-order valence-electron chi connectivity index (χ4n) is 4.63. The average Bonchev–Trinajstić information content (AvgIpc) is 3.31. The standard InChI is InChI=1S/C30H24N4O2/c1-3-36-30(35)27-26(29-31-23-13-7-11-20-12-8-14-24(32-29)25(20)23)28(21-9-5-4-6-10-21)34(33-27)22-17-15-19(2)16-18-22/h4-18H,3H2,1-2H3,(H,31,32). The lowest BCUT2D eigenvalue weighted by Gasteiger charge is -2.20. The molecule has 0 radical (unpaired) electrons. The third kappa shape index (κ3) is 3.64. The van der Waals surface area contributed by atoms with Crippen molar-refractivity contribution in [3.05, 3.63) is 108 Å². The Morgan fingerprint density at radius 1 is 0.917 bits per heavy atom. The van der Waals surface area contributed by atoms with Gasteiger partial charge in [-0.15, -0.1) is 0 Å². The molecule has 6 rings (SSSR count). The van der Waals surface area contributed by atoms with Crippen LogP contribution in [0.4, 0.5) is 11.4 Å². The van der Waals surface area contributed by atoms with Gasteiger partial charge in [0.15, 0.2) is 5.69 Å². The van der Waals surface area contributed by atoms with Gasteiger partial charge >= 0.3 is 5.97 Å². The molecule has 36 heavy (non-hydrogen) atoms. The van der Waals surface area contributed by atoms with Crippen molar-refractivity contribution in [3.8, 4) is 16.9 Å². The van der Waals surface area contributed by atoms with Gasteiger partial charge in [-0.2, -0.15) is 5.10 Å². The zero-order chi connectivity index (χ0) is 24.6. The summed E-state index contributed by atoms with van der Waals surface area (Å²) in [4.78, 5) is 18.2. The van der Waals surface area contributed by atoms with Crippen LogP contribution in [0.25, 0.3) is 27.7 Å². The van der Waals surface area contributed by atoms with Crippen LogP contribution < -0.4 is 5.32 Å². The Kier molecular flexibility index (Phi) is 5.34. The van der Waals surface area contributed by atoms with Crippen molar-refractivity contribution >= 4 is 34.0 Å². The summed E-state index contributed by atoms with van der Waals surface area (Å²) in [6.07, 6.45) is 0. The van der Waals surface area contributed by atoms with Crippen LogP contribution in [-0.2, 0) is 4.74 Å². The summed E-state index contributed by atoms with van der Waals surface area (Å²) in [7, 11) is 0. The molecule has 0 atom stereocenters. The number of rotatable bonds is 5. The number of esters is 1. The lowest BCUT2D eigenvalue weighted by atomic mass is 10.0. The second-order valence-electron chi connectivity index (χ2n) is 8.67. The highest BCUT2D eigenvalue weighted by molar-refractivity contribution is 6.23. The normalized spacial score (nSPS) is 12.2. The molecule has 6 nitrogen and oxygen atoms in total. The quantitative estimate of drug-likeness (QED) is 0.290. The van der Waals surface area contributed by atoms with Gasteiger partial charge in [-0.1, -0.05) is 72.3 Å². The van der Waals surface area contributed by atoms with E-state index < -0.39 is 5.97 Å². The number of benzene rings is 4. The monoisotopic (exact) mass is 472 g/mol. The number of hydrogen-bond acceptors (Lipinski definition) is 5. The van der Waals surface area contributed by atoms with Crippen LogP contribution in [0.2, 0.25) is 0 Å². The lowest BCUT2D eigenvalue weighted by molar-refractivity contribution is 0.0518. The first-order valence-corrected chi connectivity index (χ1v) is 11.9. The Hall–Kier alpha value is -4.71. The SMILES string of the molecule is CCOC(=O)c1nn(-c2ccc(C)cc2)c(-c2ccccc2)c1C1=Nc2cccc3cccc(c23)N1. The minimum atomic E-state index is -0.489. The molecule has 2 heterocycles. The third-order valence-electron chi connectivity index (χ3n) is 6.28. The molecule has 4 aromatic carbocycles. The summed E-state index contributed by atoms with van der Waals surface area (Å²) in [5, 5.41) is 10.4. The average molecular weight is 473 g/mol. The number of amidine groups is 1. The van der Waals surface area contributed by atoms with Gasteiger partial charge in [0.05, 0.1) is 29.2 Å². The smallest absolute Gasteiger partial charge is 0.359 e. The molecule has 0 fully saturated rings. The summed E-state index contributed by atoms with van der Waals surface area (Å²) in [5.41, 5.74) is 6.26. The van der Waals surface area contributed by atoms with Crippen molar-refractivity contribution in [2.24, 2.45) is 4.99 Å². The molecule has 176 valence electrons. The molecule has 0 saturated heterocycles. The second kappa shape index (κ2) is 8.82. The molecule has 0 spiro atoms. The molecule has 0 aliphatic carbocycles. The van der Waals surface area contributed by atoms with Gasteiger partial charge in [0.1, 0.15) is 5.84 Å². The van der Waals surface area contributed by atoms with E-state index in [4.69, 9.17) is 14.8 Å². The maximum atomic E-state index is 13.2. The Morgan fingerprint density at radius 2 is 1.67 bits per heavy atom. The van der Waals surface area contributed by atoms with Crippen molar-refractivity contribution in [3.63, 3.8) is 0 Å². The molecule has 1 aliphatic rings. The number of aromatic nitrogens is 2. The van der Waals surface area contributed by atoms with E-state index >= 15 is 0 Å². The molecule has 1 aromatic heterocycles. The van der Waals surface area contributed by atoms with Gasteiger partial charge in [-0.05, 0) is 43.5 Å². The van der Waals surface area contributed by atoms with E-state index in [1.165, 1.54) is 0 Å². The van der Waals surface area contributed by atoms with Crippen LogP contribution in [0.1, 0.15) is 28.5 Å². The van der Waals surface area contributed by atoms with Gasteiger partial charge in [-0.3, -0.25) is 0 Å². The van der Waals surface area contributed by atoms with Crippen LogP contribution in [0.15, 0.2) is 96.0 Å². The van der Waals surface area contributed by atoms with Crippen molar-refractivity contribution < 1.29 is 9.53 Å². The van der Waals surface area contributed by atoms with Crippen LogP contribution >= 0.6 is 0 Å². The molecule has 0 unspecified atom stereocenters. The van der Waals surface area contributed by atoms with Crippen LogP contribution in [-0.4, -0.2) is 28.2 Å². The van der Waals surface area contributed by atoms with Gasteiger partial charge < -0.3 is 10.1 Å². The van der Waals surface area contributed by atoms with Crippen molar-refractivity contribution in [2.75, 3.05) is 11.9 Å². The number of nitrogens with one attached hydrogen (secondary N) is 1. The molecule has 5 aromatic rings. The zero-order valence-electron chi connectivity index (χ0n) is 20.0. The van der Waals surface area contributed by atoms with E-state index in [1.807, 2.05) is 90.5 Å². The Morgan fingerprint density at radius 3 is 2.42 bits per heavy atom. The zero-order valence-corrected chi connectivity index (χ0v) is 20.0. The van der Waals surface area contributed by atoms with E-state index in [0.717, 1.165) is 44.7 Å². The molecule has 1 N–H and O–H groups in total. The predicted octanol–water partition coefficient (Wildman–Crippen LogP) is 6.68. The fraction of sp³-hybridized carbons (Fsp3) is 0.100. The van der Waals surface area contributed by atoms with E-state index in [-0.39, 0.29) is 12.3 Å². The summed E-state index contributed by atoms with van der Waals surface area (Å²) in [6, 6.07) is 30.2. The highest BCUT2D eigenvalue weighted by Crippen LogP contribution is 2.39. The first-order chi connectivity index (χ1) is 17.6. The molecule has 0 bridgehead atoms. The maximum Gasteiger partial charge on any atom is 0.359 e. The minimum absolute atomic E-state index is 0.217. The lowest BCUT2D eigenvalue weighted by Crippen LogP contribution is -2.20. The number of hydrogen-bond donors (Lipinski definition) is 1. The molecular weight excluding hydrogens is 448 g/mol. The van der Waals surface area contributed by atoms with E-state index in [1.54, 1.807) is 6.92 Å². The summed E-state index contributed by atoms with van der Waals surface area (Å²) < 4.78 is 7.26. The Balaban J connectivity index is 1.66. The van der Waals surface area contributed by atoms with Crippen molar-refractivity contribution in [2.45, 2.75) is 13.8 Å². The largest absolute Gasteiger partial charge is 0.461 e. The maximum absolute atomic E-state index is 13.2. The molecule has 0 amide bonds. The number of anilines is 1. The Bertz CT molecular complexity index is 1630. The van der Waals surface area contributed by atoms with E-state index in [2.05, 4.69) is 17.4 Å². The summed E-state index contributed by atoms with van der Waals surface area (Å²) >= 11 is 0. The summed E-state index contributed by atoms with van der Waals surface area (Å²) in [5.74, 6) is 0.0681. The minimum Gasteiger partial charge on any atom is -0.461 e. The highest BCUT2D eigenvalue weighted by Gasteiger charge is 2.31. The van der Waals surface area contributed by atoms with Gasteiger partial charge in [0.25, 0.3) is 0 Å². The van der Waals surface area contributed by atoms with E-state index in [9.17, 15) is 4.79 Å². The van der Waals surface area contributed by atoms with Crippen LogP contribution in [0, 0.1) is 6.92 Å². The predicted molar refractivity (Wildman–Crippen MR) is 143 cm³/mol. The number of aliphatic imine (C=N–C) groups is 1. The van der Waals surface area contributed by atoms with Crippen molar-refractivity contribution in [1.82, 2.24) is 9.78 Å². The first-order valence-electron chi connectivity index (χ1n) is 11.9. The van der Waals surface area contributed by atoms with Crippen molar-refractivity contribution in [1.29, 1.82) is 0 Å². The van der Waals surface area contributed by atoms with Gasteiger partial charge in [0.2, 0.25) is 0 Å². The number of ether oxygens (including phenoxy) is 1. The van der Waals surface area contributed by atoms with E-state index in [0.29, 0.717) is 11.4 Å². The molecule has 0 saturated carbocycles. The molecule has 1 aliphatic heterocycles. The Labute approximate surface area is 208 Å². The number of aryl methyl sites for hydroxylation is 1. The number of nitrogens with zero attached hydrogens (tertiary/aromatic N) is 3.